The largest absolute Gasteiger partial charge is 0.384 e. The molecule has 8 heteroatoms. The van der Waals surface area contributed by atoms with Gasteiger partial charge in [-0.15, -0.1) is 0 Å². The van der Waals surface area contributed by atoms with Crippen molar-refractivity contribution in [2.24, 2.45) is 7.05 Å². The van der Waals surface area contributed by atoms with Crippen LogP contribution in [0.4, 0.5) is 0 Å². The highest BCUT2D eigenvalue weighted by Gasteiger charge is 2.24. The highest BCUT2D eigenvalue weighted by atomic mass is 32.1. The van der Waals surface area contributed by atoms with Crippen LogP contribution < -0.4 is 11.0 Å². The van der Waals surface area contributed by atoms with Gasteiger partial charge in [-0.2, -0.15) is 16.4 Å². The molecule has 0 aliphatic heterocycles. The number of aryl methyl sites for hydroxylation is 1. The summed E-state index contributed by atoms with van der Waals surface area (Å²) in [6.07, 6.45) is 1.34. The molecular formula is C12H16N4O3S. The predicted octanol–water partition coefficient (Wildman–Crippen LogP) is -0.333. The summed E-state index contributed by atoms with van der Waals surface area (Å²) in [6.45, 7) is 1.53. The Hall–Kier alpha value is -1.93. The number of aromatic nitrogens is 3. The van der Waals surface area contributed by atoms with Crippen molar-refractivity contribution in [2.75, 3.05) is 6.54 Å². The molecule has 0 radical (unpaired) electrons. The zero-order chi connectivity index (χ0) is 14.8. The molecule has 2 N–H and O–H groups in total. The molecule has 0 bridgehead atoms. The van der Waals surface area contributed by atoms with Gasteiger partial charge in [-0.05, 0) is 29.3 Å². The van der Waals surface area contributed by atoms with E-state index in [0.717, 1.165) is 10.2 Å². The maximum atomic E-state index is 11.8. The van der Waals surface area contributed by atoms with Gasteiger partial charge in [-0.1, -0.05) is 0 Å². The molecular weight excluding hydrogens is 280 g/mol. The summed E-state index contributed by atoms with van der Waals surface area (Å²) >= 11 is 1.48. The molecule has 0 aromatic carbocycles. The van der Waals surface area contributed by atoms with Crippen molar-refractivity contribution in [1.82, 2.24) is 19.7 Å². The monoisotopic (exact) mass is 296 g/mol. The first-order valence-electron chi connectivity index (χ1n) is 6.00. The van der Waals surface area contributed by atoms with Gasteiger partial charge in [0.05, 0.1) is 6.54 Å². The van der Waals surface area contributed by atoms with Crippen LogP contribution in [0.5, 0.6) is 0 Å². The topological polar surface area (TPSA) is 89.2 Å². The standard InChI is InChI=1S/C12H16N4O3S/c1-12(19,9-3-4-20-6-9)7-13-10(17)5-16-11(18)15(2)8-14-16/h3-4,6,8,19H,5,7H2,1-2H3,(H,13,17). The van der Waals surface area contributed by atoms with Gasteiger partial charge in [0.15, 0.2) is 0 Å². The summed E-state index contributed by atoms with van der Waals surface area (Å²) < 4.78 is 2.35. The normalized spacial score (nSPS) is 13.9. The summed E-state index contributed by atoms with van der Waals surface area (Å²) in [6, 6.07) is 1.81. The Kier molecular flexibility index (Phi) is 4.05. The fourth-order valence-electron chi connectivity index (χ4n) is 1.66. The number of carbonyl (C=O) groups is 1. The van der Waals surface area contributed by atoms with Crippen LogP contribution in [0, 0.1) is 0 Å². The molecule has 0 saturated carbocycles. The lowest BCUT2D eigenvalue weighted by atomic mass is 9.99. The lowest BCUT2D eigenvalue weighted by Gasteiger charge is -2.22. The van der Waals surface area contributed by atoms with Crippen molar-refractivity contribution >= 4 is 17.2 Å². The Morgan fingerprint density at radius 2 is 2.35 bits per heavy atom. The van der Waals surface area contributed by atoms with Crippen LogP contribution in [0.3, 0.4) is 0 Å². The third-order valence-corrected chi connectivity index (χ3v) is 3.64. The summed E-state index contributed by atoms with van der Waals surface area (Å²) in [7, 11) is 1.56. The van der Waals surface area contributed by atoms with E-state index in [1.807, 2.05) is 10.8 Å². The van der Waals surface area contributed by atoms with Crippen LogP contribution in [0.1, 0.15) is 12.5 Å². The zero-order valence-corrected chi connectivity index (χ0v) is 12.1. The van der Waals surface area contributed by atoms with Gasteiger partial charge in [-0.25, -0.2) is 9.48 Å². The minimum Gasteiger partial charge on any atom is -0.384 e. The number of nitrogens with zero attached hydrogens (tertiary/aromatic N) is 3. The molecule has 7 nitrogen and oxygen atoms in total. The van der Waals surface area contributed by atoms with Gasteiger partial charge in [0.2, 0.25) is 5.91 Å². The highest BCUT2D eigenvalue weighted by Crippen LogP contribution is 2.21. The molecule has 1 unspecified atom stereocenters. The van der Waals surface area contributed by atoms with E-state index in [-0.39, 0.29) is 24.7 Å². The molecule has 2 rings (SSSR count). The first-order valence-corrected chi connectivity index (χ1v) is 6.94. The molecule has 20 heavy (non-hydrogen) atoms. The minimum absolute atomic E-state index is 0.0736. The maximum absolute atomic E-state index is 11.8. The number of aliphatic hydroxyl groups is 1. The van der Waals surface area contributed by atoms with Crippen LogP contribution in [0.2, 0.25) is 0 Å². The van der Waals surface area contributed by atoms with E-state index in [0.29, 0.717) is 0 Å². The summed E-state index contributed by atoms with van der Waals surface area (Å²) in [4.78, 5) is 23.3. The molecule has 108 valence electrons. The van der Waals surface area contributed by atoms with Crippen molar-refractivity contribution < 1.29 is 9.90 Å². The van der Waals surface area contributed by atoms with Crippen LogP contribution in [0.15, 0.2) is 27.9 Å². The highest BCUT2D eigenvalue weighted by molar-refractivity contribution is 7.08. The maximum Gasteiger partial charge on any atom is 0.345 e. The average molecular weight is 296 g/mol. The number of rotatable bonds is 5. The molecule has 0 saturated heterocycles. The van der Waals surface area contributed by atoms with E-state index in [2.05, 4.69) is 10.4 Å². The fraction of sp³-hybridized carbons (Fsp3) is 0.417. The van der Waals surface area contributed by atoms with E-state index in [9.17, 15) is 14.7 Å². The van der Waals surface area contributed by atoms with Crippen molar-refractivity contribution in [1.29, 1.82) is 0 Å². The number of hydrogen-bond donors (Lipinski definition) is 2. The number of carbonyl (C=O) groups excluding carboxylic acids is 1. The molecule has 0 aliphatic carbocycles. The number of nitrogens with one attached hydrogen (secondary N) is 1. The zero-order valence-electron chi connectivity index (χ0n) is 11.2. The molecule has 1 atom stereocenters. The van der Waals surface area contributed by atoms with Crippen LogP contribution in [-0.2, 0) is 24.0 Å². The molecule has 1 amide bonds. The van der Waals surface area contributed by atoms with E-state index in [4.69, 9.17) is 0 Å². The third-order valence-electron chi connectivity index (χ3n) is 2.95. The quantitative estimate of drug-likeness (QED) is 0.790. The predicted molar refractivity (Wildman–Crippen MR) is 74.4 cm³/mol. The summed E-state index contributed by atoms with van der Waals surface area (Å²) in [5, 5.41) is 20.3. The van der Waals surface area contributed by atoms with Crippen LogP contribution in [0.25, 0.3) is 0 Å². The molecule has 0 fully saturated rings. The van der Waals surface area contributed by atoms with Gasteiger partial charge in [-0.3, -0.25) is 9.36 Å². The van der Waals surface area contributed by atoms with E-state index >= 15 is 0 Å². The van der Waals surface area contributed by atoms with Crippen molar-refractivity contribution in [2.45, 2.75) is 19.1 Å². The Bertz CT molecular complexity index is 642. The fourth-order valence-corrected chi connectivity index (χ4v) is 2.45. The second-order valence-electron chi connectivity index (χ2n) is 4.74. The summed E-state index contributed by atoms with van der Waals surface area (Å²) in [5.74, 6) is -0.374. The Labute approximate surface area is 119 Å². The molecule has 2 heterocycles. The van der Waals surface area contributed by atoms with E-state index in [1.54, 1.807) is 20.0 Å². The molecule has 2 aromatic heterocycles. The molecule has 2 aromatic rings. The summed E-state index contributed by atoms with van der Waals surface area (Å²) in [5.41, 5.74) is -0.743. The van der Waals surface area contributed by atoms with Gasteiger partial charge in [0, 0.05) is 7.05 Å². The molecule has 0 spiro atoms. The Morgan fingerprint density at radius 1 is 1.60 bits per heavy atom. The van der Waals surface area contributed by atoms with Gasteiger partial charge < -0.3 is 10.4 Å². The Balaban J connectivity index is 1.93. The smallest absolute Gasteiger partial charge is 0.345 e. The third kappa shape index (κ3) is 3.14. The van der Waals surface area contributed by atoms with E-state index < -0.39 is 5.60 Å². The van der Waals surface area contributed by atoms with Gasteiger partial charge >= 0.3 is 5.69 Å². The van der Waals surface area contributed by atoms with Crippen LogP contribution >= 0.6 is 11.3 Å². The van der Waals surface area contributed by atoms with Crippen molar-refractivity contribution in [3.8, 4) is 0 Å². The average Bonchev–Trinajstić information content (AvgIpc) is 3.03. The van der Waals surface area contributed by atoms with Crippen LogP contribution in [-0.4, -0.2) is 31.9 Å². The second kappa shape index (κ2) is 5.59. The SMILES string of the molecule is Cn1cnn(CC(=O)NCC(C)(O)c2ccsc2)c1=O. The van der Waals surface area contributed by atoms with Gasteiger partial charge in [0.1, 0.15) is 18.5 Å². The van der Waals surface area contributed by atoms with E-state index in [1.165, 1.54) is 22.2 Å². The number of hydrogen-bond acceptors (Lipinski definition) is 5. The second-order valence-corrected chi connectivity index (χ2v) is 5.52. The minimum atomic E-state index is -1.13. The lowest BCUT2D eigenvalue weighted by Crippen LogP contribution is -2.41. The van der Waals surface area contributed by atoms with Crippen molar-refractivity contribution in [3.63, 3.8) is 0 Å². The number of amides is 1. The number of thiophene rings is 1. The lowest BCUT2D eigenvalue weighted by molar-refractivity contribution is -0.123. The first-order chi connectivity index (χ1) is 9.40. The Morgan fingerprint density at radius 3 is 2.90 bits per heavy atom. The first kappa shape index (κ1) is 14.5. The van der Waals surface area contributed by atoms with Crippen molar-refractivity contribution in [3.05, 3.63) is 39.2 Å². The van der Waals surface area contributed by atoms with Gasteiger partial charge in [0.25, 0.3) is 0 Å². The molecule has 0 aliphatic rings.